The summed E-state index contributed by atoms with van der Waals surface area (Å²) >= 11 is 0. The van der Waals surface area contributed by atoms with Crippen LogP contribution in [0.4, 0.5) is 5.69 Å². The van der Waals surface area contributed by atoms with Crippen LogP contribution in [0.5, 0.6) is 5.88 Å². The number of aromatic nitrogens is 3. The van der Waals surface area contributed by atoms with Crippen LogP contribution in [-0.4, -0.2) is 43.9 Å². The Morgan fingerprint density at radius 3 is 2.75 bits per heavy atom. The number of ether oxygens (including phenoxy) is 2. The number of sulfonamides is 1. The molecule has 2 rings (SSSR count). The summed E-state index contributed by atoms with van der Waals surface area (Å²) in [7, 11) is -2.07. The number of pyridine rings is 1. The molecule has 20 heavy (non-hydrogen) atoms. The van der Waals surface area contributed by atoms with Gasteiger partial charge in [-0.3, -0.25) is 9.82 Å². The van der Waals surface area contributed by atoms with Crippen LogP contribution in [0, 0.1) is 0 Å². The Morgan fingerprint density at radius 2 is 2.15 bits per heavy atom. The van der Waals surface area contributed by atoms with Crippen LogP contribution in [0.2, 0.25) is 0 Å². The Morgan fingerprint density at radius 1 is 1.30 bits per heavy atom. The number of methoxy groups -OCH3 is 1. The molecular formula is C11H14N4O4S. The minimum absolute atomic E-state index is 0.0536. The molecule has 108 valence electrons. The number of hydrogen-bond donors (Lipinski definition) is 2. The van der Waals surface area contributed by atoms with E-state index in [4.69, 9.17) is 9.47 Å². The molecule has 0 aliphatic rings. The van der Waals surface area contributed by atoms with E-state index in [0.717, 1.165) is 0 Å². The van der Waals surface area contributed by atoms with Crippen LogP contribution >= 0.6 is 0 Å². The van der Waals surface area contributed by atoms with E-state index in [0.29, 0.717) is 24.8 Å². The normalized spacial score (nSPS) is 11.2. The molecule has 0 radical (unpaired) electrons. The van der Waals surface area contributed by atoms with E-state index in [1.54, 1.807) is 19.2 Å². The van der Waals surface area contributed by atoms with E-state index in [2.05, 4.69) is 19.9 Å². The Balaban J connectivity index is 2.00. The molecule has 0 saturated carbocycles. The highest BCUT2D eigenvalue weighted by molar-refractivity contribution is 7.92. The van der Waals surface area contributed by atoms with Gasteiger partial charge in [0.25, 0.3) is 10.0 Å². The highest BCUT2D eigenvalue weighted by atomic mass is 32.2. The molecule has 2 aromatic heterocycles. The smallest absolute Gasteiger partial charge is 0.265 e. The zero-order chi connectivity index (χ0) is 14.4. The number of H-pyrrole nitrogens is 1. The lowest BCUT2D eigenvalue weighted by atomic mass is 10.4. The van der Waals surface area contributed by atoms with Crippen LogP contribution in [-0.2, 0) is 14.8 Å². The van der Waals surface area contributed by atoms with Crippen LogP contribution in [0.15, 0.2) is 35.6 Å². The van der Waals surface area contributed by atoms with Crippen LogP contribution < -0.4 is 9.46 Å². The maximum Gasteiger partial charge on any atom is 0.265 e. The second kappa shape index (κ2) is 6.35. The van der Waals surface area contributed by atoms with Gasteiger partial charge in [-0.2, -0.15) is 5.10 Å². The number of nitrogens with one attached hydrogen (secondary N) is 2. The van der Waals surface area contributed by atoms with Crippen molar-refractivity contribution in [1.82, 2.24) is 15.2 Å². The van der Waals surface area contributed by atoms with E-state index in [-0.39, 0.29) is 4.90 Å². The van der Waals surface area contributed by atoms with Crippen molar-refractivity contribution in [2.75, 3.05) is 25.0 Å². The zero-order valence-electron chi connectivity index (χ0n) is 10.7. The summed E-state index contributed by atoms with van der Waals surface area (Å²) < 4.78 is 36.3. The molecule has 0 aromatic carbocycles. The van der Waals surface area contributed by atoms with Gasteiger partial charge in [0, 0.05) is 19.4 Å². The lowest BCUT2D eigenvalue weighted by Crippen LogP contribution is -2.12. The third-order valence-corrected chi connectivity index (χ3v) is 3.66. The van der Waals surface area contributed by atoms with Gasteiger partial charge in [-0.1, -0.05) is 0 Å². The van der Waals surface area contributed by atoms with Crippen molar-refractivity contribution in [2.45, 2.75) is 4.90 Å². The molecule has 8 nitrogen and oxygen atoms in total. The summed E-state index contributed by atoms with van der Waals surface area (Å²) in [6, 6.07) is 3.13. The average Bonchev–Trinajstić information content (AvgIpc) is 2.95. The Bertz CT molecular complexity index is 625. The van der Waals surface area contributed by atoms with Gasteiger partial charge in [0.1, 0.15) is 11.5 Å². The fourth-order valence-corrected chi connectivity index (χ4v) is 2.30. The molecule has 0 aliphatic heterocycles. The number of anilines is 1. The van der Waals surface area contributed by atoms with Gasteiger partial charge in [0.15, 0.2) is 0 Å². The predicted molar refractivity (Wildman–Crippen MR) is 71.0 cm³/mol. The fraction of sp³-hybridized carbons (Fsp3) is 0.273. The lowest BCUT2D eigenvalue weighted by molar-refractivity contribution is 0.144. The number of aromatic amines is 1. The van der Waals surface area contributed by atoms with Crippen molar-refractivity contribution in [3.8, 4) is 5.88 Å². The number of nitrogens with zero attached hydrogens (tertiary/aromatic N) is 2. The van der Waals surface area contributed by atoms with Crippen LogP contribution in [0.25, 0.3) is 0 Å². The summed E-state index contributed by atoms with van der Waals surface area (Å²) in [5.41, 5.74) is 0.338. The van der Waals surface area contributed by atoms with E-state index in [1.807, 2.05) is 0 Å². The van der Waals surface area contributed by atoms with E-state index < -0.39 is 10.0 Å². The van der Waals surface area contributed by atoms with Crippen molar-refractivity contribution in [3.63, 3.8) is 0 Å². The molecule has 0 bridgehead atoms. The van der Waals surface area contributed by atoms with Gasteiger partial charge in [0.05, 0.1) is 24.7 Å². The largest absolute Gasteiger partial charge is 0.475 e. The molecule has 2 N–H and O–H groups in total. The molecule has 0 amide bonds. The van der Waals surface area contributed by atoms with Gasteiger partial charge in [-0.15, -0.1) is 0 Å². The maximum atomic E-state index is 11.9. The first kappa shape index (κ1) is 14.3. The van der Waals surface area contributed by atoms with Gasteiger partial charge >= 0.3 is 0 Å². The summed E-state index contributed by atoms with van der Waals surface area (Å²) in [5, 5.41) is 6.04. The minimum atomic E-state index is -3.65. The zero-order valence-corrected chi connectivity index (χ0v) is 11.6. The summed E-state index contributed by atoms with van der Waals surface area (Å²) in [6.45, 7) is 0.833. The van der Waals surface area contributed by atoms with Gasteiger partial charge < -0.3 is 9.47 Å². The molecule has 0 aliphatic carbocycles. The van der Waals surface area contributed by atoms with Gasteiger partial charge in [0.2, 0.25) is 5.88 Å². The maximum absolute atomic E-state index is 11.9. The second-order valence-electron chi connectivity index (χ2n) is 3.77. The van der Waals surface area contributed by atoms with Crippen LogP contribution in [0.1, 0.15) is 0 Å². The third kappa shape index (κ3) is 3.68. The Kier molecular flexibility index (Phi) is 4.53. The Labute approximate surface area is 116 Å². The standard InChI is InChI=1S/C11H14N4O4S/c1-18-4-5-19-11-3-2-9(6-12-11)15-20(16,17)10-7-13-14-8-10/h2-3,6-8,15H,4-5H2,1H3,(H,13,14). The molecule has 0 spiro atoms. The van der Waals surface area contributed by atoms with Gasteiger partial charge in [-0.25, -0.2) is 13.4 Å². The van der Waals surface area contributed by atoms with Gasteiger partial charge in [-0.05, 0) is 6.07 Å². The van der Waals surface area contributed by atoms with Crippen molar-refractivity contribution in [3.05, 3.63) is 30.7 Å². The SMILES string of the molecule is COCCOc1ccc(NS(=O)(=O)c2cn[nH]c2)cn1. The van der Waals surface area contributed by atoms with Crippen LogP contribution in [0.3, 0.4) is 0 Å². The molecule has 0 fully saturated rings. The second-order valence-corrected chi connectivity index (χ2v) is 5.45. The minimum Gasteiger partial charge on any atom is -0.475 e. The van der Waals surface area contributed by atoms with Crippen molar-refractivity contribution >= 4 is 15.7 Å². The number of hydrogen-bond acceptors (Lipinski definition) is 6. The monoisotopic (exact) mass is 298 g/mol. The first-order chi connectivity index (χ1) is 9.62. The quantitative estimate of drug-likeness (QED) is 0.726. The summed E-state index contributed by atoms with van der Waals surface area (Å²) in [5.74, 6) is 0.397. The molecule has 9 heteroatoms. The highest BCUT2D eigenvalue weighted by Crippen LogP contribution is 2.16. The van der Waals surface area contributed by atoms with Crippen molar-refractivity contribution in [2.24, 2.45) is 0 Å². The number of rotatable bonds is 7. The van der Waals surface area contributed by atoms with Crippen molar-refractivity contribution < 1.29 is 17.9 Å². The topological polar surface area (TPSA) is 106 Å². The molecule has 2 heterocycles. The highest BCUT2D eigenvalue weighted by Gasteiger charge is 2.15. The average molecular weight is 298 g/mol. The molecule has 0 unspecified atom stereocenters. The molecule has 0 saturated heterocycles. The summed E-state index contributed by atoms with van der Waals surface area (Å²) in [6.07, 6.45) is 3.88. The summed E-state index contributed by atoms with van der Waals surface area (Å²) in [4.78, 5) is 4.04. The first-order valence-corrected chi connectivity index (χ1v) is 7.19. The molecular weight excluding hydrogens is 284 g/mol. The third-order valence-electron chi connectivity index (χ3n) is 2.31. The predicted octanol–water partition coefficient (Wildman–Crippen LogP) is 0.631. The first-order valence-electron chi connectivity index (χ1n) is 5.71. The van der Waals surface area contributed by atoms with Crippen molar-refractivity contribution in [1.29, 1.82) is 0 Å². The van der Waals surface area contributed by atoms with E-state index in [9.17, 15) is 8.42 Å². The van der Waals surface area contributed by atoms with E-state index >= 15 is 0 Å². The fourth-order valence-electron chi connectivity index (χ4n) is 1.36. The lowest BCUT2D eigenvalue weighted by Gasteiger charge is -2.07. The Hall–Kier alpha value is -2.13. The van der Waals surface area contributed by atoms with E-state index in [1.165, 1.54) is 18.6 Å². The molecule has 0 atom stereocenters. The molecule has 2 aromatic rings.